The van der Waals surface area contributed by atoms with E-state index in [1.54, 1.807) is 24.4 Å². The van der Waals surface area contributed by atoms with Crippen LogP contribution in [0.3, 0.4) is 0 Å². The number of halogens is 1. The minimum absolute atomic E-state index is 0.157. The summed E-state index contributed by atoms with van der Waals surface area (Å²) in [6, 6.07) is 7.16. The van der Waals surface area contributed by atoms with Gasteiger partial charge in [0, 0.05) is 25.9 Å². The SMILES string of the molecule is Cc1cccc(O)c1-c1nc(N2CCCOCC2)c2ncc(Cl)cc2n1. The van der Waals surface area contributed by atoms with Crippen LogP contribution in [-0.4, -0.2) is 46.4 Å². The summed E-state index contributed by atoms with van der Waals surface area (Å²) in [6.45, 7) is 4.87. The van der Waals surface area contributed by atoms with Gasteiger partial charge in [0.2, 0.25) is 0 Å². The van der Waals surface area contributed by atoms with Crippen molar-refractivity contribution in [2.45, 2.75) is 13.3 Å². The average molecular weight is 371 g/mol. The Hall–Kier alpha value is -2.44. The number of nitrogens with zero attached hydrogens (tertiary/aromatic N) is 4. The van der Waals surface area contributed by atoms with Crippen molar-refractivity contribution in [3.05, 3.63) is 41.0 Å². The molecule has 1 fully saturated rings. The summed E-state index contributed by atoms with van der Waals surface area (Å²) < 4.78 is 5.56. The van der Waals surface area contributed by atoms with Crippen molar-refractivity contribution in [2.24, 2.45) is 0 Å². The van der Waals surface area contributed by atoms with Crippen LogP contribution >= 0.6 is 11.6 Å². The maximum atomic E-state index is 10.4. The van der Waals surface area contributed by atoms with Gasteiger partial charge in [0.25, 0.3) is 0 Å². The number of fused-ring (bicyclic) bond motifs is 1. The summed E-state index contributed by atoms with van der Waals surface area (Å²) in [5.74, 6) is 1.37. The van der Waals surface area contributed by atoms with Gasteiger partial charge >= 0.3 is 0 Å². The molecule has 26 heavy (non-hydrogen) atoms. The van der Waals surface area contributed by atoms with Crippen LogP contribution in [0.25, 0.3) is 22.4 Å². The predicted octanol–water partition coefficient (Wildman–Crippen LogP) is 3.59. The second-order valence-corrected chi connectivity index (χ2v) is 6.75. The van der Waals surface area contributed by atoms with E-state index < -0.39 is 0 Å². The summed E-state index contributed by atoms with van der Waals surface area (Å²) in [4.78, 5) is 16.0. The molecule has 134 valence electrons. The van der Waals surface area contributed by atoms with Crippen LogP contribution in [0.2, 0.25) is 5.02 Å². The molecule has 1 aliphatic heterocycles. The Morgan fingerprint density at radius 3 is 2.92 bits per heavy atom. The number of anilines is 1. The van der Waals surface area contributed by atoms with E-state index in [9.17, 15) is 5.11 Å². The molecule has 1 aliphatic rings. The minimum atomic E-state index is 0.157. The first-order valence-corrected chi connectivity index (χ1v) is 8.96. The Morgan fingerprint density at radius 1 is 1.19 bits per heavy atom. The van der Waals surface area contributed by atoms with Crippen molar-refractivity contribution in [1.82, 2.24) is 15.0 Å². The first-order valence-electron chi connectivity index (χ1n) is 8.58. The highest BCUT2D eigenvalue weighted by molar-refractivity contribution is 6.31. The van der Waals surface area contributed by atoms with Gasteiger partial charge in [-0.25, -0.2) is 15.0 Å². The molecule has 7 heteroatoms. The molecule has 3 heterocycles. The number of hydrogen-bond acceptors (Lipinski definition) is 6. The molecule has 1 N–H and O–H groups in total. The molecule has 0 atom stereocenters. The maximum Gasteiger partial charge on any atom is 0.166 e. The van der Waals surface area contributed by atoms with Gasteiger partial charge in [-0.1, -0.05) is 23.7 Å². The van der Waals surface area contributed by atoms with Crippen LogP contribution in [-0.2, 0) is 4.74 Å². The van der Waals surface area contributed by atoms with Gasteiger partial charge in [-0.05, 0) is 31.0 Å². The lowest BCUT2D eigenvalue weighted by molar-refractivity contribution is 0.152. The summed E-state index contributed by atoms with van der Waals surface area (Å²) >= 11 is 6.14. The number of pyridine rings is 1. The Kier molecular flexibility index (Phi) is 4.61. The highest BCUT2D eigenvalue weighted by Crippen LogP contribution is 2.33. The molecule has 0 radical (unpaired) electrons. The molecule has 0 aliphatic carbocycles. The van der Waals surface area contributed by atoms with Crippen molar-refractivity contribution in [3.8, 4) is 17.1 Å². The molecule has 6 nitrogen and oxygen atoms in total. The average Bonchev–Trinajstić information content (AvgIpc) is 2.90. The van der Waals surface area contributed by atoms with E-state index in [2.05, 4.69) is 14.9 Å². The van der Waals surface area contributed by atoms with E-state index in [-0.39, 0.29) is 5.75 Å². The van der Waals surface area contributed by atoms with Gasteiger partial charge in [-0.3, -0.25) is 0 Å². The molecule has 0 bridgehead atoms. The number of aromatic nitrogens is 3. The van der Waals surface area contributed by atoms with Crippen LogP contribution < -0.4 is 4.90 Å². The number of ether oxygens (including phenoxy) is 1. The minimum Gasteiger partial charge on any atom is -0.507 e. The van der Waals surface area contributed by atoms with E-state index in [1.807, 2.05) is 13.0 Å². The van der Waals surface area contributed by atoms with Crippen molar-refractivity contribution < 1.29 is 9.84 Å². The van der Waals surface area contributed by atoms with Crippen LogP contribution in [0.15, 0.2) is 30.5 Å². The van der Waals surface area contributed by atoms with Gasteiger partial charge in [-0.15, -0.1) is 0 Å². The van der Waals surface area contributed by atoms with Gasteiger partial charge in [-0.2, -0.15) is 0 Å². The lowest BCUT2D eigenvalue weighted by Gasteiger charge is -2.22. The highest BCUT2D eigenvalue weighted by atomic mass is 35.5. The molecule has 1 aromatic carbocycles. The zero-order valence-corrected chi connectivity index (χ0v) is 15.2. The van der Waals surface area contributed by atoms with E-state index >= 15 is 0 Å². The molecule has 1 saturated heterocycles. The number of aromatic hydroxyl groups is 1. The Bertz CT molecular complexity index is 935. The van der Waals surface area contributed by atoms with Crippen LogP contribution in [0, 0.1) is 6.92 Å². The smallest absolute Gasteiger partial charge is 0.166 e. The monoisotopic (exact) mass is 370 g/mol. The van der Waals surface area contributed by atoms with Gasteiger partial charge in [0.05, 0.1) is 22.7 Å². The van der Waals surface area contributed by atoms with Gasteiger partial charge in [0.1, 0.15) is 11.3 Å². The lowest BCUT2D eigenvalue weighted by Crippen LogP contribution is -2.27. The van der Waals surface area contributed by atoms with Gasteiger partial charge in [0.15, 0.2) is 11.6 Å². The fourth-order valence-electron chi connectivity index (χ4n) is 3.21. The first kappa shape index (κ1) is 17.0. The highest BCUT2D eigenvalue weighted by Gasteiger charge is 2.20. The quantitative estimate of drug-likeness (QED) is 0.743. The fourth-order valence-corrected chi connectivity index (χ4v) is 3.36. The standard InChI is InChI=1S/C19H19ClN4O2/c1-12-4-2-5-15(25)16(12)18-22-14-10-13(20)11-21-17(14)19(23-18)24-6-3-8-26-9-7-24/h2,4-5,10-11,25H,3,6-9H2,1H3. The lowest BCUT2D eigenvalue weighted by atomic mass is 10.1. The molecule has 4 rings (SSSR count). The van der Waals surface area contributed by atoms with Gasteiger partial charge < -0.3 is 14.7 Å². The van der Waals surface area contributed by atoms with Crippen molar-refractivity contribution in [2.75, 3.05) is 31.2 Å². The summed E-state index contributed by atoms with van der Waals surface area (Å²) in [6.07, 6.45) is 2.53. The summed E-state index contributed by atoms with van der Waals surface area (Å²) in [5.41, 5.74) is 2.89. The van der Waals surface area contributed by atoms with Crippen molar-refractivity contribution in [3.63, 3.8) is 0 Å². The van der Waals surface area contributed by atoms with Crippen LogP contribution in [0.5, 0.6) is 5.75 Å². The van der Waals surface area contributed by atoms with Crippen LogP contribution in [0.1, 0.15) is 12.0 Å². The van der Waals surface area contributed by atoms with Crippen LogP contribution in [0.4, 0.5) is 5.82 Å². The van der Waals surface area contributed by atoms with Crippen molar-refractivity contribution >= 4 is 28.5 Å². The fraction of sp³-hybridized carbons (Fsp3) is 0.316. The number of rotatable bonds is 2. The van der Waals surface area contributed by atoms with Crippen molar-refractivity contribution in [1.29, 1.82) is 0 Å². The third kappa shape index (κ3) is 3.18. The Morgan fingerprint density at radius 2 is 2.08 bits per heavy atom. The van der Waals surface area contributed by atoms with E-state index in [0.717, 1.165) is 37.5 Å². The number of hydrogen-bond donors (Lipinski definition) is 1. The molecule has 3 aromatic rings. The van der Waals surface area contributed by atoms with E-state index in [4.69, 9.17) is 21.3 Å². The first-order chi connectivity index (χ1) is 12.6. The normalized spacial score (nSPS) is 15.2. The molecule has 0 amide bonds. The predicted molar refractivity (Wildman–Crippen MR) is 102 cm³/mol. The zero-order valence-electron chi connectivity index (χ0n) is 14.4. The third-order valence-corrected chi connectivity index (χ3v) is 4.69. The summed E-state index contributed by atoms with van der Waals surface area (Å²) in [5, 5.41) is 10.9. The Balaban J connectivity index is 1.94. The molecular weight excluding hydrogens is 352 g/mol. The zero-order chi connectivity index (χ0) is 18.1. The molecule has 2 aromatic heterocycles. The maximum absolute atomic E-state index is 10.4. The summed E-state index contributed by atoms with van der Waals surface area (Å²) in [7, 11) is 0. The molecule has 0 spiro atoms. The third-order valence-electron chi connectivity index (χ3n) is 4.48. The topological polar surface area (TPSA) is 71.4 Å². The molecule has 0 saturated carbocycles. The molecule has 0 unspecified atom stereocenters. The van der Waals surface area contributed by atoms with E-state index in [0.29, 0.717) is 34.1 Å². The number of phenols is 1. The second-order valence-electron chi connectivity index (χ2n) is 6.31. The number of benzene rings is 1. The largest absolute Gasteiger partial charge is 0.507 e. The number of phenolic OH excluding ortho intramolecular Hbond substituents is 1. The molecular formula is C19H19ClN4O2. The number of aryl methyl sites for hydroxylation is 1. The van der Waals surface area contributed by atoms with E-state index in [1.165, 1.54) is 0 Å². The Labute approximate surface area is 156 Å². The second kappa shape index (κ2) is 7.05.